The van der Waals surface area contributed by atoms with E-state index in [0.29, 0.717) is 11.8 Å². The molecule has 1 heterocycles. The Kier molecular flexibility index (Phi) is 4.55. The Hall–Kier alpha value is -1.59. The predicted octanol–water partition coefficient (Wildman–Crippen LogP) is 1.80. The van der Waals surface area contributed by atoms with Gasteiger partial charge in [0, 0.05) is 26.3 Å². The first-order valence-electron chi connectivity index (χ1n) is 6.10. The molecule has 1 amide bonds. The highest BCUT2D eigenvalue weighted by atomic mass is 16.6. The van der Waals surface area contributed by atoms with Crippen LogP contribution in [0.25, 0.3) is 0 Å². The van der Waals surface area contributed by atoms with Crippen LogP contribution in [0.3, 0.4) is 0 Å². The molecule has 1 saturated heterocycles. The van der Waals surface area contributed by atoms with E-state index in [4.69, 9.17) is 9.47 Å². The minimum Gasteiger partial charge on any atom is -0.409 e. The Balaban J connectivity index is 1.79. The molecule has 0 spiro atoms. The summed E-state index contributed by atoms with van der Waals surface area (Å²) in [6.45, 7) is 1.48. The highest BCUT2D eigenvalue weighted by Crippen LogP contribution is 2.12. The number of hydrazine groups is 1. The van der Waals surface area contributed by atoms with Crippen LogP contribution in [0, 0.1) is 0 Å². The van der Waals surface area contributed by atoms with Crippen LogP contribution in [-0.4, -0.2) is 37.4 Å². The zero-order valence-electron chi connectivity index (χ0n) is 10.5. The molecule has 2 rings (SSSR count). The van der Waals surface area contributed by atoms with Gasteiger partial charge in [0.2, 0.25) is 0 Å². The molecular formula is C13H18N2O3. The molecule has 0 aliphatic carbocycles. The van der Waals surface area contributed by atoms with Crippen molar-refractivity contribution in [1.29, 1.82) is 0 Å². The van der Waals surface area contributed by atoms with Crippen molar-refractivity contribution in [3.63, 3.8) is 0 Å². The summed E-state index contributed by atoms with van der Waals surface area (Å²) in [5, 5.41) is 1.80. The van der Waals surface area contributed by atoms with Crippen LogP contribution in [0.1, 0.15) is 12.8 Å². The summed E-state index contributed by atoms with van der Waals surface area (Å²) >= 11 is 0. The second kappa shape index (κ2) is 6.37. The van der Waals surface area contributed by atoms with Gasteiger partial charge in [-0.25, -0.2) is 9.80 Å². The highest BCUT2D eigenvalue weighted by Gasteiger charge is 2.20. The molecule has 0 aromatic heterocycles. The van der Waals surface area contributed by atoms with E-state index in [1.807, 2.05) is 25.2 Å². The quantitative estimate of drug-likeness (QED) is 0.831. The first-order valence-corrected chi connectivity index (χ1v) is 6.10. The highest BCUT2D eigenvalue weighted by molar-refractivity contribution is 5.69. The first kappa shape index (κ1) is 12.9. The van der Waals surface area contributed by atoms with Crippen LogP contribution >= 0.6 is 0 Å². The number of nitrogens with zero attached hydrogens (tertiary/aromatic N) is 1. The SMILES string of the molecule is CN(NC(=O)Oc1ccccc1)C1CCOCC1. The van der Waals surface area contributed by atoms with E-state index in [1.165, 1.54) is 0 Å². The number of rotatable bonds is 3. The number of carbonyl (C=O) groups excluding carboxylic acids is 1. The molecule has 5 nitrogen and oxygen atoms in total. The molecule has 0 saturated carbocycles. The number of ether oxygens (including phenoxy) is 2. The number of hydrogen-bond acceptors (Lipinski definition) is 4. The van der Waals surface area contributed by atoms with Crippen molar-refractivity contribution < 1.29 is 14.3 Å². The third-order valence-corrected chi connectivity index (χ3v) is 2.96. The lowest BCUT2D eigenvalue weighted by Crippen LogP contribution is -2.48. The Morgan fingerprint density at radius 3 is 2.67 bits per heavy atom. The molecule has 18 heavy (non-hydrogen) atoms. The Bertz CT molecular complexity index is 377. The van der Waals surface area contributed by atoms with Gasteiger partial charge in [-0.2, -0.15) is 0 Å². The lowest BCUT2D eigenvalue weighted by molar-refractivity contribution is 0.0269. The van der Waals surface area contributed by atoms with E-state index in [0.717, 1.165) is 26.1 Å². The van der Waals surface area contributed by atoms with Crippen LogP contribution in [0.4, 0.5) is 4.79 Å². The summed E-state index contributed by atoms with van der Waals surface area (Å²) < 4.78 is 10.4. The van der Waals surface area contributed by atoms with Gasteiger partial charge in [-0.1, -0.05) is 18.2 Å². The largest absolute Gasteiger partial charge is 0.427 e. The van der Waals surface area contributed by atoms with E-state index in [1.54, 1.807) is 17.1 Å². The summed E-state index contributed by atoms with van der Waals surface area (Å²) in [6.07, 6.45) is 1.37. The molecular weight excluding hydrogens is 232 g/mol. The summed E-state index contributed by atoms with van der Waals surface area (Å²) in [7, 11) is 1.85. The number of carbonyl (C=O) groups is 1. The van der Waals surface area contributed by atoms with Gasteiger partial charge in [-0.05, 0) is 25.0 Å². The molecule has 0 bridgehead atoms. The number of para-hydroxylation sites is 1. The van der Waals surface area contributed by atoms with Crippen molar-refractivity contribution in [1.82, 2.24) is 10.4 Å². The fourth-order valence-corrected chi connectivity index (χ4v) is 1.93. The van der Waals surface area contributed by atoms with Gasteiger partial charge in [-0.3, -0.25) is 5.43 Å². The third kappa shape index (κ3) is 3.72. The smallest absolute Gasteiger partial charge is 0.409 e. The van der Waals surface area contributed by atoms with E-state index in [-0.39, 0.29) is 0 Å². The van der Waals surface area contributed by atoms with Crippen LogP contribution < -0.4 is 10.2 Å². The van der Waals surface area contributed by atoms with E-state index in [9.17, 15) is 4.79 Å². The van der Waals surface area contributed by atoms with E-state index in [2.05, 4.69) is 5.43 Å². The van der Waals surface area contributed by atoms with Gasteiger partial charge >= 0.3 is 6.09 Å². The monoisotopic (exact) mass is 250 g/mol. The molecule has 1 aliphatic rings. The third-order valence-electron chi connectivity index (χ3n) is 2.96. The van der Waals surface area contributed by atoms with Crippen LogP contribution in [0.2, 0.25) is 0 Å². The molecule has 0 unspecified atom stereocenters. The molecule has 1 N–H and O–H groups in total. The van der Waals surface area contributed by atoms with Gasteiger partial charge < -0.3 is 9.47 Å². The maximum Gasteiger partial charge on any atom is 0.427 e. The molecule has 1 fully saturated rings. The molecule has 1 aromatic rings. The van der Waals surface area contributed by atoms with Crippen molar-refractivity contribution in [3.05, 3.63) is 30.3 Å². The van der Waals surface area contributed by atoms with Crippen LogP contribution in [0.15, 0.2) is 30.3 Å². The van der Waals surface area contributed by atoms with Crippen LogP contribution in [0.5, 0.6) is 5.75 Å². The Morgan fingerprint density at radius 1 is 1.33 bits per heavy atom. The maximum absolute atomic E-state index is 11.7. The number of amides is 1. The number of benzene rings is 1. The van der Waals surface area contributed by atoms with Gasteiger partial charge in [0.15, 0.2) is 0 Å². The molecule has 1 aliphatic heterocycles. The molecule has 1 aromatic carbocycles. The fraction of sp³-hybridized carbons (Fsp3) is 0.462. The minimum atomic E-state index is -0.463. The van der Waals surface area contributed by atoms with Crippen LogP contribution in [-0.2, 0) is 4.74 Å². The zero-order chi connectivity index (χ0) is 12.8. The molecule has 5 heteroatoms. The Morgan fingerprint density at radius 2 is 2.00 bits per heavy atom. The van der Waals surface area contributed by atoms with Crippen molar-refractivity contribution in [2.45, 2.75) is 18.9 Å². The first-order chi connectivity index (χ1) is 8.75. The van der Waals surface area contributed by atoms with Gasteiger partial charge in [0.1, 0.15) is 5.75 Å². The predicted molar refractivity (Wildman–Crippen MR) is 67.2 cm³/mol. The number of hydrogen-bond donors (Lipinski definition) is 1. The van der Waals surface area contributed by atoms with Crippen molar-refractivity contribution in [2.24, 2.45) is 0 Å². The van der Waals surface area contributed by atoms with Crippen molar-refractivity contribution in [3.8, 4) is 5.75 Å². The van der Waals surface area contributed by atoms with Gasteiger partial charge in [0.05, 0.1) is 0 Å². The Labute approximate surface area is 107 Å². The van der Waals surface area contributed by atoms with Crippen molar-refractivity contribution in [2.75, 3.05) is 20.3 Å². The molecule has 98 valence electrons. The summed E-state index contributed by atoms with van der Waals surface area (Å²) in [4.78, 5) is 11.7. The van der Waals surface area contributed by atoms with E-state index < -0.39 is 6.09 Å². The molecule has 0 radical (unpaired) electrons. The summed E-state index contributed by atoms with van der Waals surface area (Å²) in [5.74, 6) is 0.537. The minimum absolute atomic E-state index is 0.307. The number of nitrogens with one attached hydrogen (secondary N) is 1. The molecule has 0 atom stereocenters. The average Bonchev–Trinajstić information content (AvgIpc) is 2.40. The topological polar surface area (TPSA) is 50.8 Å². The average molecular weight is 250 g/mol. The zero-order valence-corrected chi connectivity index (χ0v) is 10.5. The van der Waals surface area contributed by atoms with Gasteiger partial charge in [0.25, 0.3) is 0 Å². The lowest BCUT2D eigenvalue weighted by atomic mass is 10.1. The second-order valence-corrected chi connectivity index (χ2v) is 4.27. The lowest BCUT2D eigenvalue weighted by Gasteiger charge is -2.30. The summed E-state index contributed by atoms with van der Waals surface area (Å²) in [5.41, 5.74) is 2.71. The van der Waals surface area contributed by atoms with Crippen molar-refractivity contribution >= 4 is 6.09 Å². The fourth-order valence-electron chi connectivity index (χ4n) is 1.93. The maximum atomic E-state index is 11.7. The summed E-state index contributed by atoms with van der Waals surface area (Å²) in [6, 6.07) is 9.32. The van der Waals surface area contributed by atoms with E-state index >= 15 is 0 Å². The normalized spacial score (nSPS) is 16.6. The van der Waals surface area contributed by atoms with Gasteiger partial charge in [-0.15, -0.1) is 0 Å². The standard InChI is InChI=1S/C13H18N2O3/c1-15(11-7-9-17-10-8-11)14-13(16)18-12-5-3-2-4-6-12/h2-6,11H,7-10H2,1H3,(H,14,16). The second-order valence-electron chi connectivity index (χ2n) is 4.27.